The van der Waals surface area contributed by atoms with Crippen LogP contribution in [-0.4, -0.2) is 63.0 Å². The van der Waals surface area contributed by atoms with Gasteiger partial charge in [0.25, 0.3) is 5.91 Å². The van der Waals surface area contributed by atoms with Gasteiger partial charge in [0.2, 0.25) is 0 Å². The van der Waals surface area contributed by atoms with Crippen LogP contribution in [0.4, 0.5) is 10.5 Å². The first kappa shape index (κ1) is 28.6. The number of urea groups is 1. The molecule has 8 nitrogen and oxygen atoms in total. The van der Waals surface area contributed by atoms with Crippen molar-refractivity contribution in [1.82, 2.24) is 24.1 Å². The number of hydrogen-bond donors (Lipinski definition) is 2. The van der Waals surface area contributed by atoms with Gasteiger partial charge in [0.15, 0.2) is 0 Å². The molecule has 4 aliphatic rings. The first-order valence-corrected chi connectivity index (χ1v) is 17.2. The Morgan fingerprint density at radius 3 is 2.47 bits per heavy atom. The molecule has 0 saturated carbocycles. The minimum absolute atomic E-state index is 0.0414. The van der Waals surface area contributed by atoms with Gasteiger partial charge in [-0.1, -0.05) is 42.5 Å². The fourth-order valence-electron chi connectivity index (χ4n) is 8.68. The van der Waals surface area contributed by atoms with Crippen LogP contribution in [0, 0.1) is 6.92 Å². The molecule has 0 radical (unpaired) electrons. The van der Waals surface area contributed by atoms with Crippen molar-refractivity contribution >= 4 is 40.6 Å². The fourth-order valence-corrected chi connectivity index (χ4v) is 9.29. The monoisotopic (exact) mass is 620 g/mol. The predicted molar refractivity (Wildman–Crippen MR) is 179 cm³/mol. The number of carbonyl (C=O) groups excluding carboxylic acids is 2. The molecule has 45 heavy (non-hydrogen) atoms. The summed E-state index contributed by atoms with van der Waals surface area (Å²) in [6.07, 6.45) is 7.96. The molecule has 0 aliphatic carbocycles. The van der Waals surface area contributed by atoms with Crippen LogP contribution in [0.1, 0.15) is 72.7 Å². The number of nitrogens with one attached hydrogen (secondary N) is 2. The molecule has 1 aromatic heterocycles. The molecule has 0 spiro atoms. The maximum absolute atomic E-state index is 13.6. The average molecular weight is 621 g/mol. The van der Waals surface area contributed by atoms with E-state index in [0.717, 1.165) is 55.1 Å². The third-order valence-electron chi connectivity index (χ3n) is 11.0. The molecule has 8 rings (SSSR count). The largest absolute Gasteiger partial charge is 0.339 e. The van der Waals surface area contributed by atoms with Crippen molar-refractivity contribution in [3.05, 3.63) is 89.7 Å². The second kappa shape index (κ2) is 11.5. The summed E-state index contributed by atoms with van der Waals surface area (Å²) in [4.78, 5) is 36.1. The Labute approximate surface area is 268 Å². The molecule has 5 heterocycles. The van der Waals surface area contributed by atoms with Gasteiger partial charge in [-0.25, -0.2) is 9.78 Å². The quantitative estimate of drug-likeness (QED) is 0.229. The number of fused-ring (bicyclic) bond motifs is 4. The number of aryl methyl sites for hydroxylation is 1. The number of amides is 3. The predicted octanol–water partition coefficient (Wildman–Crippen LogP) is 6.92. The van der Waals surface area contributed by atoms with Crippen LogP contribution in [0.2, 0.25) is 0 Å². The number of anilines is 1. The van der Waals surface area contributed by atoms with Crippen molar-refractivity contribution < 1.29 is 9.59 Å². The molecule has 3 aromatic carbocycles. The van der Waals surface area contributed by atoms with Gasteiger partial charge in [0, 0.05) is 36.8 Å². The second-order valence-corrected chi connectivity index (χ2v) is 14.2. The summed E-state index contributed by atoms with van der Waals surface area (Å²) in [7, 11) is 0. The van der Waals surface area contributed by atoms with E-state index in [0.29, 0.717) is 29.4 Å². The van der Waals surface area contributed by atoms with E-state index in [-0.39, 0.29) is 17.4 Å². The van der Waals surface area contributed by atoms with Crippen molar-refractivity contribution in [1.29, 1.82) is 0 Å². The summed E-state index contributed by atoms with van der Waals surface area (Å²) in [5.74, 6) is 1.18. The molecule has 3 amide bonds. The van der Waals surface area contributed by atoms with Gasteiger partial charge in [0.05, 0.1) is 21.6 Å². The standard InChI is InChI=1S/C36H40N6O2S/c1-24-37-30-9-5-6-10-32(30)42(24)29-22-27-12-13-28(23-29)41(27)20-17-36(26-7-3-2-4-8-26)15-18-40(19-16-36)34(43)25-11-14-33-31(21-25)38-35(44)39-45-33/h2-11,14,21,27-29H,12-13,15-20,22-23H2,1H3,(H2,38,39,44)/t27-,28+,29?. The maximum atomic E-state index is 13.6. The van der Waals surface area contributed by atoms with Crippen LogP contribution in [0.25, 0.3) is 11.0 Å². The van der Waals surface area contributed by atoms with Gasteiger partial charge in [-0.3, -0.25) is 14.4 Å². The molecule has 3 atom stereocenters. The third kappa shape index (κ3) is 5.20. The zero-order valence-corrected chi connectivity index (χ0v) is 26.6. The SMILES string of the molecule is Cc1nc2ccccc2n1C1C[C@H]2CC[C@@H](C1)N2CCC1(c2ccccc2)CCN(C(=O)c2ccc3c(c2)NC(=O)NS3)CC1. The highest BCUT2D eigenvalue weighted by atomic mass is 32.2. The Morgan fingerprint density at radius 2 is 1.69 bits per heavy atom. The highest BCUT2D eigenvalue weighted by Gasteiger charge is 2.44. The van der Waals surface area contributed by atoms with Gasteiger partial charge in [-0.05, 0) is 112 Å². The van der Waals surface area contributed by atoms with Crippen LogP contribution < -0.4 is 10.0 Å². The Morgan fingerprint density at radius 1 is 0.956 bits per heavy atom. The summed E-state index contributed by atoms with van der Waals surface area (Å²) >= 11 is 1.28. The van der Waals surface area contributed by atoms with E-state index in [1.807, 2.05) is 23.1 Å². The molecule has 4 aliphatic heterocycles. The van der Waals surface area contributed by atoms with Crippen LogP contribution in [0.15, 0.2) is 77.7 Å². The van der Waals surface area contributed by atoms with Gasteiger partial charge in [-0.2, -0.15) is 0 Å². The number of piperidine rings is 2. The van der Waals surface area contributed by atoms with Gasteiger partial charge >= 0.3 is 6.03 Å². The molecule has 2 N–H and O–H groups in total. The van der Waals surface area contributed by atoms with Crippen molar-refractivity contribution in [2.45, 2.75) is 80.3 Å². The van der Waals surface area contributed by atoms with Crippen LogP contribution in [0.3, 0.4) is 0 Å². The Bertz CT molecular complexity index is 1730. The highest BCUT2D eigenvalue weighted by molar-refractivity contribution is 7.98. The first-order chi connectivity index (χ1) is 22.0. The lowest BCUT2D eigenvalue weighted by atomic mass is 9.70. The average Bonchev–Trinajstić information content (AvgIpc) is 3.53. The number of rotatable bonds is 6. The number of para-hydroxylation sites is 2. The number of imidazole rings is 1. The van der Waals surface area contributed by atoms with Gasteiger partial charge in [0.1, 0.15) is 5.82 Å². The summed E-state index contributed by atoms with van der Waals surface area (Å²) in [5, 5.41) is 2.82. The molecule has 3 fully saturated rings. The molecular formula is C36H40N6O2S. The lowest BCUT2D eigenvalue weighted by Gasteiger charge is -2.45. The number of carbonyl (C=O) groups is 2. The third-order valence-corrected chi connectivity index (χ3v) is 11.8. The molecule has 2 bridgehead atoms. The Hall–Kier alpha value is -3.82. The van der Waals surface area contributed by atoms with E-state index in [2.05, 4.69) is 81.0 Å². The molecule has 9 heteroatoms. The minimum atomic E-state index is -0.259. The fraction of sp³-hybridized carbons (Fsp3) is 0.417. The Kier molecular flexibility index (Phi) is 7.33. The topological polar surface area (TPSA) is 82.5 Å². The number of nitrogens with zero attached hydrogens (tertiary/aromatic N) is 4. The van der Waals surface area contributed by atoms with Gasteiger partial charge < -0.3 is 14.8 Å². The second-order valence-electron chi connectivity index (χ2n) is 13.3. The van der Waals surface area contributed by atoms with E-state index in [1.165, 1.54) is 48.7 Å². The lowest BCUT2D eigenvalue weighted by molar-refractivity contribution is 0.0607. The van der Waals surface area contributed by atoms with Crippen molar-refractivity contribution in [3.8, 4) is 0 Å². The molecule has 232 valence electrons. The summed E-state index contributed by atoms with van der Waals surface area (Å²) < 4.78 is 5.22. The Balaban J connectivity index is 0.968. The van der Waals surface area contributed by atoms with E-state index in [4.69, 9.17) is 4.98 Å². The van der Waals surface area contributed by atoms with Crippen LogP contribution in [-0.2, 0) is 5.41 Å². The zero-order valence-electron chi connectivity index (χ0n) is 25.7. The molecule has 4 aromatic rings. The highest BCUT2D eigenvalue weighted by Crippen LogP contribution is 2.45. The van der Waals surface area contributed by atoms with Gasteiger partial charge in [-0.15, -0.1) is 0 Å². The van der Waals surface area contributed by atoms with Crippen molar-refractivity contribution in [3.63, 3.8) is 0 Å². The molecule has 1 unspecified atom stereocenters. The van der Waals surface area contributed by atoms with E-state index >= 15 is 0 Å². The van der Waals surface area contributed by atoms with Crippen LogP contribution in [0.5, 0.6) is 0 Å². The number of hydrogen-bond acceptors (Lipinski definition) is 5. The first-order valence-electron chi connectivity index (χ1n) is 16.4. The minimum Gasteiger partial charge on any atom is -0.339 e. The summed E-state index contributed by atoms with van der Waals surface area (Å²) in [6.45, 7) is 4.73. The zero-order chi connectivity index (χ0) is 30.5. The maximum Gasteiger partial charge on any atom is 0.329 e. The molecular weight excluding hydrogens is 581 g/mol. The van der Waals surface area contributed by atoms with Crippen molar-refractivity contribution in [2.24, 2.45) is 0 Å². The van der Waals surface area contributed by atoms with E-state index in [1.54, 1.807) is 0 Å². The smallest absolute Gasteiger partial charge is 0.329 e. The van der Waals surface area contributed by atoms with E-state index < -0.39 is 0 Å². The molecule has 3 saturated heterocycles. The summed E-state index contributed by atoms with van der Waals surface area (Å²) in [6, 6.07) is 26.7. The number of aromatic nitrogens is 2. The summed E-state index contributed by atoms with van der Waals surface area (Å²) in [5.41, 5.74) is 5.16. The van der Waals surface area contributed by atoms with E-state index in [9.17, 15) is 9.59 Å². The lowest BCUT2D eigenvalue weighted by Crippen LogP contribution is -2.49. The number of likely N-dealkylation sites (tertiary alicyclic amines) is 1. The number of benzene rings is 3. The normalized spacial score (nSPS) is 24.2. The van der Waals surface area contributed by atoms with Crippen molar-refractivity contribution in [2.75, 3.05) is 25.0 Å². The van der Waals surface area contributed by atoms with Crippen LogP contribution >= 0.6 is 11.9 Å².